The highest BCUT2D eigenvalue weighted by Gasteiger charge is 2.14. The molecule has 1 heterocycles. The smallest absolute Gasteiger partial charge is 0.358 e. The Balaban J connectivity index is 2.36. The van der Waals surface area contributed by atoms with Crippen LogP contribution in [0.1, 0.15) is 21.7 Å². The zero-order valence-electron chi connectivity index (χ0n) is 10.6. The highest BCUT2D eigenvalue weighted by atomic mass is 35.5. The molecular formula is C14H10ClFN2O2. The Kier molecular flexibility index (Phi) is 4.10. The van der Waals surface area contributed by atoms with Crippen LogP contribution in [0.4, 0.5) is 4.39 Å². The first-order valence-electron chi connectivity index (χ1n) is 5.59. The van der Waals surface area contributed by atoms with Crippen LogP contribution in [0.3, 0.4) is 0 Å². The maximum atomic E-state index is 12.9. The number of ether oxygens (including phenoxy) is 1. The number of aromatic nitrogens is 2. The third-order valence-electron chi connectivity index (χ3n) is 2.60. The summed E-state index contributed by atoms with van der Waals surface area (Å²) in [7, 11) is 1.24. The van der Waals surface area contributed by atoms with E-state index < -0.39 is 5.97 Å². The van der Waals surface area contributed by atoms with Gasteiger partial charge in [-0.3, -0.25) is 4.98 Å². The maximum Gasteiger partial charge on any atom is 0.358 e. The Bertz CT molecular complexity index is 671. The van der Waals surface area contributed by atoms with Crippen LogP contribution in [0, 0.1) is 5.82 Å². The van der Waals surface area contributed by atoms with Crippen molar-refractivity contribution in [3.63, 3.8) is 0 Å². The Morgan fingerprint density at radius 3 is 2.55 bits per heavy atom. The third kappa shape index (κ3) is 2.83. The van der Waals surface area contributed by atoms with E-state index in [9.17, 15) is 9.18 Å². The molecule has 0 amide bonds. The summed E-state index contributed by atoms with van der Waals surface area (Å²) in [6.45, 7) is 3.85. The lowest BCUT2D eigenvalue weighted by atomic mass is 10.1. The molecule has 0 bridgehead atoms. The van der Waals surface area contributed by atoms with Gasteiger partial charge >= 0.3 is 5.97 Å². The number of carbonyl (C=O) groups excluding carboxylic acids is 1. The lowest BCUT2D eigenvalue weighted by Gasteiger charge is -2.07. The molecule has 0 aliphatic rings. The fourth-order valence-electron chi connectivity index (χ4n) is 1.56. The lowest BCUT2D eigenvalue weighted by Crippen LogP contribution is -2.07. The van der Waals surface area contributed by atoms with Gasteiger partial charge in [-0.25, -0.2) is 14.2 Å². The minimum atomic E-state index is -0.627. The molecule has 1 aromatic heterocycles. The zero-order chi connectivity index (χ0) is 14.7. The molecule has 0 radical (unpaired) electrons. The van der Waals surface area contributed by atoms with E-state index in [2.05, 4.69) is 21.3 Å². The number of methoxy groups -OCH3 is 1. The first kappa shape index (κ1) is 14.1. The van der Waals surface area contributed by atoms with Crippen LogP contribution in [0.15, 0.2) is 37.0 Å². The van der Waals surface area contributed by atoms with Gasteiger partial charge in [0.25, 0.3) is 0 Å². The van der Waals surface area contributed by atoms with Crippen molar-refractivity contribution in [3.8, 4) is 0 Å². The summed E-state index contributed by atoms with van der Waals surface area (Å²) in [6, 6.07) is 5.74. The van der Waals surface area contributed by atoms with Gasteiger partial charge in [-0.15, -0.1) is 0 Å². The van der Waals surface area contributed by atoms with Crippen LogP contribution in [0.25, 0.3) is 5.57 Å². The van der Waals surface area contributed by atoms with E-state index in [1.165, 1.54) is 25.4 Å². The molecule has 2 rings (SSSR count). The second kappa shape index (κ2) is 5.79. The van der Waals surface area contributed by atoms with Gasteiger partial charge in [0.15, 0.2) is 10.8 Å². The third-order valence-corrected chi connectivity index (χ3v) is 2.87. The summed E-state index contributed by atoms with van der Waals surface area (Å²) in [5, 5.41) is 0.0298. The predicted molar refractivity (Wildman–Crippen MR) is 72.9 cm³/mol. The number of rotatable bonds is 3. The van der Waals surface area contributed by atoms with Crippen molar-refractivity contribution in [3.05, 3.63) is 65.0 Å². The monoisotopic (exact) mass is 292 g/mol. The predicted octanol–water partition coefficient (Wildman–Crippen LogP) is 3.12. The highest BCUT2D eigenvalue weighted by Crippen LogP contribution is 2.25. The molecule has 102 valence electrons. The Morgan fingerprint density at radius 1 is 1.35 bits per heavy atom. The van der Waals surface area contributed by atoms with E-state index >= 15 is 0 Å². The minimum absolute atomic E-state index is 0.00755. The van der Waals surface area contributed by atoms with Gasteiger partial charge < -0.3 is 4.74 Å². The number of halogens is 2. The van der Waals surface area contributed by atoms with E-state index in [0.29, 0.717) is 16.8 Å². The number of carbonyl (C=O) groups is 1. The van der Waals surface area contributed by atoms with Gasteiger partial charge in [0, 0.05) is 5.57 Å². The largest absolute Gasteiger partial charge is 0.464 e. The quantitative estimate of drug-likeness (QED) is 0.816. The summed E-state index contributed by atoms with van der Waals surface area (Å²) >= 11 is 5.99. The van der Waals surface area contributed by atoms with E-state index in [0.717, 1.165) is 0 Å². The summed E-state index contributed by atoms with van der Waals surface area (Å²) in [5.74, 6) is -0.974. The molecule has 1 aromatic carbocycles. The van der Waals surface area contributed by atoms with Crippen LogP contribution in [0.5, 0.6) is 0 Å². The second-order valence-corrected chi connectivity index (χ2v) is 4.23. The standard InChI is InChI=1S/C14H10ClFN2O2/c1-8(9-3-5-10(16)6-4-9)12-13(15)18-11(7-17-12)14(19)20-2/h3-7H,1H2,2H3. The molecule has 0 N–H and O–H groups in total. The van der Waals surface area contributed by atoms with Crippen LogP contribution in [0.2, 0.25) is 5.15 Å². The molecule has 0 saturated carbocycles. The Labute approximate surface area is 119 Å². The Hall–Kier alpha value is -2.27. The Morgan fingerprint density at radius 2 is 2.00 bits per heavy atom. The summed E-state index contributed by atoms with van der Waals surface area (Å²) < 4.78 is 17.4. The van der Waals surface area contributed by atoms with Crippen LogP contribution in [-0.4, -0.2) is 23.0 Å². The van der Waals surface area contributed by atoms with Gasteiger partial charge in [0.1, 0.15) is 11.5 Å². The highest BCUT2D eigenvalue weighted by molar-refractivity contribution is 6.31. The molecule has 0 fully saturated rings. The molecule has 0 saturated heterocycles. The molecule has 0 spiro atoms. The van der Waals surface area contributed by atoms with E-state index in [1.54, 1.807) is 12.1 Å². The number of benzene rings is 1. The van der Waals surface area contributed by atoms with Crippen molar-refractivity contribution >= 4 is 23.1 Å². The average Bonchev–Trinajstić information content (AvgIpc) is 2.46. The average molecular weight is 293 g/mol. The van der Waals surface area contributed by atoms with Crippen molar-refractivity contribution in [1.82, 2.24) is 9.97 Å². The SMILES string of the molecule is C=C(c1ccc(F)cc1)c1ncc(C(=O)OC)nc1Cl. The van der Waals surface area contributed by atoms with Gasteiger partial charge in [-0.2, -0.15) is 0 Å². The first-order valence-corrected chi connectivity index (χ1v) is 5.97. The molecule has 0 atom stereocenters. The van der Waals surface area contributed by atoms with Crippen molar-refractivity contribution in [1.29, 1.82) is 0 Å². The fraction of sp³-hybridized carbons (Fsp3) is 0.0714. The van der Waals surface area contributed by atoms with E-state index in [-0.39, 0.29) is 16.7 Å². The number of hydrogen-bond acceptors (Lipinski definition) is 4. The van der Waals surface area contributed by atoms with Crippen molar-refractivity contribution in [2.45, 2.75) is 0 Å². The van der Waals surface area contributed by atoms with Crippen LogP contribution in [-0.2, 0) is 4.74 Å². The first-order chi connectivity index (χ1) is 9.52. The molecule has 0 aliphatic heterocycles. The van der Waals surface area contributed by atoms with Crippen molar-refractivity contribution < 1.29 is 13.9 Å². The molecule has 20 heavy (non-hydrogen) atoms. The number of nitrogens with zero attached hydrogens (tertiary/aromatic N) is 2. The zero-order valence-corrected chi connectivity index (χ0v) is 11.3. The molecule has 4 nitrogen and oxygen atoms in total. The van der Waals surface area contributed by atoms with E-state index in [1.807, 2.05) is 0 Å². The second-order valence-electron chi connectivity index (χ2n) is 3.87. The lowest BCUT2D eigenvalue weighted by molar-refractivity contribution is 0.0593. The van der Waals surface area contributed by atoms with Gasteiger partial charge in [0.05, 0.1) is 13.3 Å². The topological polar surface area (TPSA) is 52.1 Å². The van der Waals surface area contributed by atoms with Gasteiger partial charge in [-0.1, -0.05) is 30.3 Å². The van der Waals surface area contributed by atoms with Crippen molar-refractivity contribution in [2.24, 2.45) is 0 Å². The molecular weight excluding hydrogens is 283 g/mol. The molecule has 0 aliphatic carbocycles. The fourth-order valence-corrected chi connectivity index (χ4v) is 1.81. The summed E-state index contributed by atoms with van der Waals surface area (Å²) in [5.41, 5.74) is 1.48. The van der Waals surface area contributed by atoms with E-state index in [4.69, 9.17) is 11.6 Å². The van der Waals surface area contributed by atoms with Crippen LogP contribution < -0.4 is 0 Å². The summed E-state index contributed by atoms with van der Waals surface area (Å²) in [6.07, 6.45) is 1.25. The maximum absolute atomic E-state index is 12.9. The van der Waals surface area contributed by atoms with Crippen molar-refractivity contribution in [2.75, 3.05) is 7.11 Å². The number of esters is 1. The van der Waals surface area contributed by atoms with Crippen LogP contribution >= 0.6 is 11.6 Å². The molecule has 0 unspecified atom stereocenters. The van der Waals surface area contributed by atoms with Gasteiger partial charge in [0.2, 0.25) is 0 Å². The number of hydrogen-bond donors (Lipinski definition) is 0. The summed E-state index contributed by atoms with van der Waals surface area (Å²) in [4.78, 5) is 19.3. The normalized spacial score (nSPS) is 10.2. The molecule has 2 aromatic rings. The minimum Gasteiger partial charge on any atom is -0.464 e. The molecule has 6 heteroatoms. The van der Waals surface area contributed by atoms with Gasteiger partial charge in [-0.05, 0) is 17.7 Å².